The smallest absolute Gasteiger partial charge is 0.344 e. The predicted octanol–water partition coefficient (Wildman–Crippen LogP) is 2.73. The minimum absolute atomic E-state index is 0.0848. The molecule has 2 aromatic heterocycles. The summed E-state index contributed by atoms with van der Waals surface area (Å²) in [6, 6.07) is 11.8. The quantitative estimate of drug-likeness (QED) is 0.580. The van der Waals surface area contributed by atoms with Crippen LogP contribution in [0.3, 0.4) is 0 Å². The Morgan fingerprint density at radius 1 is 1.04 bits per heavy atom. The lowest BCUT2D eigenvalue weighted by Gasteiger charge is -2.28. The van der Waals surface area contributed by atoms with E-state index in [4.69, 9.17) is 9.52 Å². The molecule has 3 heterocycles. The molecule has 0 unspecified atom stereocenters. The molecular formula is C21H23N2O3+. The van der Waals surface area contributed by atoms with Crippen molar-refractivity contribution in [2.45, 2.75) is 25.8 Å². The average molecular weight is 351 g/mol. The molecule has 0 amide bonds. The van der Waals surface area contributed by atoms with Crippen molar-refractivity contribution in [2.24, 2.45) is 0 Å². The third-order valence-electron chi connectivity index (χ3n) is 5.00. The lowest BCUT2D eigenvalue weighted by atomic mass is 10.1. The largest absolute Gasteiger partial charge is 0.422 e. The van der Waals surface area contributed by atoms with Crippen LogP contribution >= 0.6 is 0 Å². The van der Waals surface area contributed by atoms with Gasteiger partial charge in [-0.05, 0) is 37.5 Å². The van der Waals surface area contributed by atoms with E-state index in [0.29, 0.717) is 17.7 Å². The highest BCUT2D eigenvalue weighted by atomic mass is 16.4. The molecule has 0 radical (unpaired) electrons. The highest BCUT2D eigenvalue weighted by molar-refractivity contribution is 5.84. The normalized spacial score (nSPS) is 14.7. The number of hydrogen-bond acceptors (Lipinski definition) is 4. The van der Waals surface area contributed by atoms with Crippen LogP contribution in [0.25, 0.3) is 22.1 Å². The fourth-order valence-electron chi connectivity index (χ4n) is 3.55. The first-order chi connectivity index (χ1) is 12.7. The maximum atomic E-state index is 12.5. The fourth-order valence-corrected chi connectivity index (χ4v) is 3.55. The SMILES string of the molecule is O=c1oc2cc(N3CCCCC3)ccc2cc1-c1cc[n+](CCO)cc1. The van der Waals surface area contributed by atoms with Crippen molar-refractivity contribution in [2.75, 3.05) is 24.6 Å². The Balaban J connectivity index is 1.69. The summed E-state index contributed by atoms with van der Waals surface area (Å²) in [5.41, 5.74) is 2.80. The molecule has 5 heteroatoms. The summed E-state index contributed by atoms with van der Waals surface area (Å²) in [5, 5.41) is 9.92. The summed E-state index contributed by atoms with van der Waals surface area (Å²) in [6.07, 6.45) is 7.43. The summed E-state index contributed by atoms with van der Waals surface area (Å²) in [5.74, 6) is 0. The van der Waals surface area contributed by atoms with Crippen molar-refractivity contribution in [3.8, 4) is 11.1 Å². The van der Waals surface area contributed by atoms with Crippen LogP contribution in [-0.4, -0.2) is 24.8 Å². The first kappa shape index (κ1) is 16.8. The van der Waals surface area contributed by atoms with Gasteiger partial charge in [-0.15, -0.1) is 0 Å². The number of rotatable bonds is 4. The van der Waals surface area contributed by atoms with Crippen molar-refractivity contribution in [3.05, 3.63) is 59.2 Å². The Bertz CT molecular complexity index is 957. The van der Waals surface area contributed by atoms with E-state index < -0.39 is 0 Å². The van der Waals surface area contributed by atoms with Crippen molar-refractivity contribution in [1.29, 1.82) is 0 Å². The van der Waals surface area contributed by atoms with Gasteiger partial charge in [-0.2, -0.15) is 0 Å². The number of fused-ring (bicyclic) bond motifs is 1. The standard InChI is InChI=1S/C21H23N2O3/c24-13-12-22-10-6-16(7-11-22)19-14-17-4-5-18(15-20(17)26-21(19)25)23-8-2-1-3-9-23/h4-7,10-11,14-15,24H,1-3,8-9,12-13H2/q+1. The number of nitrogens with zero attached hydrogens (tertiary/aromatic N) is 2. The zero-order valence-electron chi connectivity index (χ0n) is 14.7. The maximum absolute atomic E-state index is 12.5. The Morgan fingerprint density at radius 3 is 2.54 bits per heavy atom. The van der Waals surface area contributed by atoms with Gasteiger partial charge in [0.05, 0.1) is 5.56 Å². The number of aromatic nitrogens is 1. The molecule has 0 atom stereocenters. The monoisotopic (exact) mass is 351 g/mol. The second kappa shape index (κ2) is 7.30. The molecule has 3 aromatic rings. The van der Waals surface area contributed by atoms with Gasteiger partial charge in [0.15, 0.2) is 18.9 Å². The highest BCUT2D eigenvalue weighted by Crippen LogP contribution is 2.26. The van der Waals surface area contributed by atoms with Crippen LogP contribution in [-0.2, 0) is 6.54 Å². The zero-order valence-corrected chi connectivity index (χ0v) is 14.7. The molecule has 4 rings (SSSR count). The third kappa shape index (κ3) is 3.35. The molecule has 0 spiro atoms. The van der Waals surface area contributed by atoms with Gasteiger partial charge >= 0.3 is 5.63 Å². The molecule has 1 aliphatic heterocycles. The van der Waals surface area contributed by atoms with E-state index in [0.717, 1.165) is 29.7 Å². The van der Waals surface area contributed by atoms with Gasteiger partial charge in [-0.3, -0.25) is 0 Å². The number of aliphatic hydroxyl groups excluding tert-OH is 1. The topological polar surface area (TPSA) is 57.6 Å². The fraction of sp³-hybridized carbons (Fsp3) is 0.333. The molecule has 1 saturated heterocycles. The maximum Gasteiger partial charge on any atom is 0.344 e. The minimum Gasteiger partial charge on any atom is -0.422 e. The van der Waals surface area contributed by atoms with E-state index in [-0.39, 0.29) is 12.2 Å². The lowest BCUT2D eigenvalue weighted by molar-refractivity contribution is -0.698. The number of piperidine rings is 1. The number of pyridine rings is 1. The van der Waals surface area contributed by atoms with Crippen LogP contribution in [0.2, 0.25) is 0 Å². The van der Waals surface area contributed by atoms with E-state index in [9.17, 15) is 4.79 Å². The number of anilines is 1. The van der Waals surface area contributed by atoms with Gasteiger partial charge in [0, 0.05) is 47.9 Å². The third-order valence-corrected chi connectivity index (χ3v) is 5.00. The van der Waals surface area contributed by atoms with Gasteiger partial charge in [0.25, 0.3) is 0 Å². The molecule has 1 aliphatic rings. The molecule has 0 bridgehead atoms. The number of benzene rings is 1. The van der Waals surface area contributed by atoms with Crippen LogP contribution in [0.15, 0.2) is 58.0 Å². The molecule has 134 valence electrons. The summed E-state index contributed by atoms with van der Waals surface area (Å²) in [7, 11) is 0. The summed E-state index contributed by atoms with van der Waals surface area (Å²) in [6.45, 7) is 2.74. The lowest BCUT2D eigenvalue weighted by Crippen LogP contribution is -2.34. The van der Waals surface area contributed by atoms with Crippen LogP contribution in [0.1, 0.15) is 19.3 Å². The van der Waals surface area contributed by atoms with Crippen molar-refractivity contribution < 1.29 is 14.1 Å². The summed E-state index contributed by atoms with van der Waals surface area (Å²) >= 11 is 0. The van der Waals surface area contributed by atoms with Crippen LogP contribution in [0.4, 0.5) is 5.69 Å². The van der Waals surface area contributed by atoms with Gasteiger partial charge in [0.1, 0.15) is 12.2 Å². The number of hydrogen-bond donors (Lipinski definition) is 1. The molecule has 1 aromatic carbocycles. The average Bonchev–Trinajstić information content (AvgIpc) is 2.69. The van der Waals surface area contributed by atoms with Gasteiger partial charge < -0.3 is 14.4 Å². The highest BCUT2D eigenvalue weighted by Gasteiger charge is 2.14. The first-order valence-corrected chi connectivity index (χ1v) is 9.18. The minimum atomic E-state index is -0.326. The molecule has 5 nitrogen and oxygen atoms in total. The van der Waals surface area contributed by atoms with Crippen LogP contribution in [0, 0.1) is 0 Å². The Hall–Kier alpha value is -2.66. The van der Waals surface area contributed by atoms with E-state index in [1.54, 1.807) is 0 Å². The van der Waals surface area contributed by atoms with Crippen molar-refractivity contribution >= 4 is 16.7 Å². The van der Waals surface area contributed by atoms with Crippen LogP contribution in [0.5, 0.6) is 0 Å². The van der Waals surface area contributed by atoms with Crippen molar-refractivity contribution in [3.63, 3.8) is 0 Å². The van der Waals surface area contributed by atoms with E-state index >= 15 is 0 Å². The molecule has 0 aliphatic carbocycles. The Labute approximate surface area is 152 Å². The van der Waals surface area contributed by atoms with E-state index in [2.05, 4.69) is 11.0 Å². The second-order valence-electron chi connectivity index (χ2n) is 6.77. The summed E-state index contributed by atoms with van der Waals surface area (Å²) in [4.78, 5) is 14.9. The first-order valence-electron chi connectivity index (χ1n) is 9.18. The van der Waals surface area contributed by atoms with Crippen LogP contribution < -0.4 is 15.1 Å². The number of aliphatic hydroxyl groups is 1. The molecule has 26 heavy (non-hydrogen) atoms. The Morgan fingerprint density at radius 2 is 1.81 bits per heavy atom. The predicted molar refractivity (Wildman–Crippen MR) is 101 cm³/mol. The van der Waals surface area contributed by atoms with Gasteiger partial charge in [0.2, 0.25) is 0 Å². The van der Waals surface area contributed by atoms with Gasteiger partial charge in [-0.25, -0.2) is 9.36 Å². The summed E-state index contributed by atoms with van der Waals surface area (Å²) < 4.78 is 7.50. The molecule has 1 N–H and O–H groups in total. The molecule has 0 saturated carbocycles. The van der Waals surface area contributed by atoms with E-state index in [1.807, 2.05) is 47.3 Å². The molecule has 1 fully saturated rings. The Kier molecular flexibility index (Phi) is 4.71. The van der Waals surface area contributed by atoms with E-state index in [1.165, 1.54) is 19.3 Å². The van der Waals surface area contributed by atoms with Gasteiger partial charge in [-0.1, -0.05) is 0 Å². The zero-order chi connectivity index (χ0) is 17.9. The second-order valence-corrected chi connectivity index (χ2v) is 6.77. The molecular weight excluding hydrogens is 328 g/mol. The van der Waals surface area contributed by atoms with Crippen molar-refractivity contribution in [1.82, 2.24) is 0 Å².